The van der Waals surface area contributed by atoms with Crippen LogP contribution in [0.1, 0.15) is 26.7 Å². The standard InChI is InChI=1S/C11H21N3O/c1-11(2,8-3-4-8)9-7-13-5-6-14(9)10(12)15/h8-9,13H,3-7H2,1-2H3,(H2,12,15). The highest BCUT2D eigenvalue weighted by Crippen LogP contribution is 2.48. The number of amides is 2. The summed E-state index contributed by atoms with van der Waals surface area (Å²) in [5.74, 6) is 0.768. The molecule has 1 heterocycles. The number of urea groups is 1. The van der Waals surface area contributed by atoms with E-state index in [0.29, 0.717) is 0 Å². The van der Waals surface area contributed by atoms with Crippen LogP contribution in [-0.4, -0.2) is 36.6 Å². The van der Waals surface area contributed by atoms with E-state index >= 15 is 0 Å². The first-order valence-electron chi connectivity index (χ1n) is 5.80. The van der Waals surface area contributed by atoms with E-state index < -0.39 is 0 Å². The van der Waals surface area contributed by atoms with Gasteiger partial charge in [-0.2, -0.15) is 0 Å². The monoisotopic (exact) mass is 211 g/mol. The molecule has 2 aliphatic rings. The topological polar surface area (TPSA) is 58.4 Å². The minimum Gasteiger partial charge on any atom is -0.351 e. The van der Waals surface area contributed by atoms with E-state index in [1.165, 1.54) is 12.8 Å². The third-order valence-corrected chi connectivity index (χ3v) is 4.01. The molecule has 1 aliphatic carbocycles. The Morgan fingerprint density at radius 2 is 2.13 bits per heavy atom. The van der Waals surface area contributed by atoms with Crippen molar-refractivity contribution in [1.29, 1.82) is 0 Å². The van der Waals surface area contributed by atoms with Gasteiger partial charge in [-0.1, -0.05) is 13.8 Å². The van der Waals surface area contributed by atoms with E-state index in [4.69, 9.17) is 5.73 Å². The second-order valence-corrected chi connectivity index (χ2v) is 5.35. The molecule has 0 aromatic carbocycles. The van der Waals surface area contributed by atoms with Gasteiger partial charge in [0.1, 0.15) is 0 Å². The van der Waals surface area contributed by atoms with Gasteiger partial charge in [0.25, 0.3) is 0 Å². The fourth-order valence-electron chi connectivity index (χ4n) is 2.73. The second kappa shape index (κ2) is 3.67. The first kappa shape index (κ1) is 10.7. The Bertz CT molecular complexity index is 261. The van der Waals surface area contributed by atoms with Gasteiger partial charge >= 0.3 is 6.03 Å². The first-order valence-corrected chi connectivity index (χ1v) is 5.80. The highest BCUT2D eigenvalue weighted by Gasteiger charge is 2.46. The van der Waals surface area contributed by atoms with E-state index in [1.807, 2.05) is 4.90 Å². The van der Waals surface area contributed by atoms with Crippen LogP contribution in [-0.2, 0) is 0 Å². The predicted molar refractivity (Wildman–Crippen MR) is 59.5 cm³/mol. The van der Waals surface area contributed by atoms with Gasteiger partial charge in [0, 0.05) is 19.6 Å². The number of nitrogens with two attached hydrogens (primary N) is 1. The van der Waals surface area contributed by atoms with Gasteiger partial charge in [-0.25, -0.2) is 4.79 Å². The predicted octanol–water partition coefficient (Wildman–Crippen LogP) is 0.775. The van der Waals surface area contributed by atoms with E-state index in [-0.39, 0.29) is 17.5 Å². The van der Waals surface area contributed by atoms with Crippen molar-refractivity contribution in [2.45, 2.75) is 32.7 Å². The van der Waals surface area contributed by atoms with Crippen LogP contribution in [0, 0.1) is 11.3 Å². The Hall–Kier alpha value is -0.770. The lowest BCUT2D eigenvalue weighted by molar-refractivity contribution is 0.0773. The Kier molecular flexibility index (Phi) is 2.63. The fraction of sp³-hybridized carbons (Fsp3) is 0.909. The van der Waals surface area contributed by atoms with Crippen molar-refractivity contribution < 1.29 is 4.79 Å². The summed E-state index contributed by atoms with van der Waals surface area (Å²) < 4.78 is 0. The van der Waals surface area contributed by atoms with Crippen molar-refractivity contribution in [3.05, 3.63) is 0 Å². The molecule has 2 amide bonds. The molecule has 0 aromatic rings. The lowest BCUT2D eigenvalue weighted by Gasteiger charge is -2.44. The molecule has 4 heteroatoms. The van der Waals surface area contributed by atoms with Crippen LogP contribution < -0.4 is 11.1 Å². The Labute approximate surface area is 91.2 Å². The van der Waals surface area contributed by atoms with Crippen LogP contribution in [0.15, 0.2) is 0 Å². The maximum Gasteiger partial charge on any atom is 0.315 e. The van der Waals surface area contributed by atoms with Crippen LogP contribution >= 0.6 is 0 Å². The summed E-state index contributed by atoms with van der Waals surface area (Å²) in [7, 11) is 0. The number of hydrogen-bond donors (Lipinski definition) is 2. The number of rotatable bonds is 2. The van der Waals surface area contributed by atoms with Crippen molar-refractivity contribution in [2.24, 2.45) is 17.1 Å². The molecule has 3 N–H and O–H groups in total. The summed E-state index contributed by atoms with van der Waals surface area (Å²) in [5.41, 5.74) is 5.63. The number of primary amides is 1. The summed E-state index contributed by atoms with van der Waals surface area (Å²) in [6.45, 7) is 7.01. The number of carbonyl (C=O) groups is 1. The van der Waals surface area contributed by atoms with Gasteiger partial charge < -0.3 is 16.0 Å². The van der Waals surface area contributed by atoms with Crippen molar-refractivity contribution >= 4 is 6.03 Å². The van der Waals surface area contributed by atoms with E-state index in [9.17, 15) is 4.79 Å². The summed E-state index contributed by atoms with van der Waals surface area (Å²) in [6, 6.07) is -0.00789. The molecule has 0 aromatic heterocycles. The summed E-state index contributed by atoms with van der Waals surface area (Å²) >= 11 is 0. The highest BCUT2D eigenvalue weighted by atomic mass is 16.2. The molecule has 15 heavy (non-hydrogen) atoms. The minimum absolute atomic E-state index is 0.197. The molecule has 86 valence electrons. The highest BCUT2D eigenvalue weighted by molar-refractivity contribution is 5.72. The fourth-order valence-corrected chi connectivity index (χ4v) is 2.73. The molecule has 1 atom stereocenters. The third-order valence-electron chi connectivity index (χ3n) is 4.01. The zero-order chi connectivity index (χ0) is 11.1. The molecule has 1 saturated carbocycles. The molecule has 4 nitrogen and oxygen atoms in total. The third kappa shape index (κ3) is 1.95. The lowest BCUT2D eigenvalue weighted by Crippen LogP contribution is -2.60. The smallest absolute Gasteiger partial charge is 0.315 e. The normalized spacial score (nSPS) is 27.9. The van der Waals surface area contributed by atoms with Crippen LogP contribution in [0.2, 0.25) is 0 Å². The first-order chi connectivity index (χ1) is 7.03. The van der Waals surface area contributed by atoms with E-state index in [2.05, 4.69) is 19.2 Å². The maximum absolute atomic E-state index is 11.4. The number of piperazine rings is 1. The second-order valence-electron chi connectivity index (χ2n) is 5.35. The number of hydrogen-bond acceptors (Lipinski definition) is 2. The molecule has 1 aliphatic heterocycles. The van der Waals surface area contributed by atoms with Crippen LogP contribution in [0.3, 0.4) is 0 Å². The van der Waals surface area contributed by atoms with Gasteiger partial charge in [-0.3, -0.25) is 0 Å². The average molecular weight is 211 g/mol. The van der Waals surface area contributed by atoms with E-state index in [1.54, 1.807) is 0 Å². The van der Waals surface area contributed by atoms with Gasteiger partial charge in [-0.15, -0.1) is 0 Å². The van der Waals surface area contributed by atoms with Gasteiger partial charge in [-0.05, 0) is 24.2 Å². The lowest BCUT2D eigenvalue weighted by atomic mass is 9.78. The SMILES string of the molecule is CC(C)(C1CC1)C1CNCCN1C(N)=O. The molecule has 1 unspecified atom stereocenters. The summed E-state index contributed by atoms with van der Waals surface area (Å²) in [6.07, 6.45) is 2.60. The Morgan fingerprint density at radius 1 is 1.47 bits per heavy atom. The number of nitrogens with one attached hydrogen (secondary N) is 1. The minimum atomic E-state index is -0.268. The van der Waals surface area contributed by atoms with Crippen molar-refractivity contribution in [2.75, 3.05) is 19.6 Å². The zero-order valence-electron chi connectivity index (χ0n) is 9.62. The molecule has 0 bridgehead atoms. The van der Waals surface area contributed by atoms with Crippen molar-refractivity contribution in [3.8, 4) is 0 Å². The van der Waals surface area contributed by atoms with Crippen molar-refractivity contribution in [1.82, 2.24) is 10.2 Å². The molecular weight excluding hydrogens is 190 g/mol. The van der Waals surface area contributed by atoms with Crippen LogP contribution in [0.5, 0.6) is 0 Å². The molecule has 2 rings (SSSR count). The number of nitrogens with zero attached hydrogens (tertiary/aromatic N) is 1. The zero-order valence-corrected chi connectivity index (χ0v) is 9.62. The molecular formula is C11H21N3O. The quantitative estimate of drug-likeness (QED) is 0.709. The largest absolute Gasteiger partial charge is 0.351 e. The van der Waals surface area contributed by atoms with Crippen LogP contribution in [0.25, 0.3) is 0 Å². The molecule has 2 fully saturated rings. The summed E-state index contributed by atoms with van der Waals surface area (Å²) in [5, 5.41) is 3.36. The van der Waals surface area contributed by atoms with Crippen LogP contribution in [0.4, 0.5) is 4.79 Å². The summed E-state index contributed by atoms with van der Waals surface area (Å²) in [4.78, 5) is 13.2. The van der Waals surface area contributed by atoms with Gasteiger partial charge in [0.15, 0.2) is 0 Å². The maximum atomic E-state index is 11.4. The van der Waals surface area contributed by atoms with E-state index in [0.717, 1.165) is 25.6 Å². The Balaban J connectivity index is 2.12. The van der Waals surface area contributed by atoms with Gasteiger partial charge in [0.05, 0.1) is 6.04 Å². The number of carbonyl (C=O) groups excluding carboxylic acids is 1. The average Bonchev–Trinajstić information content (AvgIpc) is 3.01. The molecule has 1 saturated heterocycles. The molecule has 0 radical (unpaired) electrons. The van der Waals surface area contributed by atoms with Gasteiger partial charge in [0.2, 0.25) is 0 Å². The molecule has 0 spiro atoms. The Morgan fingerprint density at radius 3 is 2.67 bits per heavy atom. The van der Waals surface area contributed by atoms with Crippen molar-refractivity contribution in [3.63, 3.8) is 0 Å².